The number of fused-ring (bicyclic) bond motifs is 1. The molecule has 0 aliphatic carbocycles. The predicted octanol–water partition coefficient (Wildman–Crippen LogP) is 1.98. The maximum atomic E-state index is 11.8. The van der Waals surface area contributed by atoms with Crippen molar-refractivity contribution in [2.24, 2.45) is 0 Å². The molecule has 21 heavy (non-hydrogen) atoms. The molecule has 110 valence electrons. The van der Waals surface area contributed by atoms with E-state index in [1.54, 1.807) is 12.4 Å². The summed E-state index contributed by atoms with van der Waals surface area (Å²) >= 11 is 0. The van der Waals surface area contributed by atoms with Crippen LogP contribution in [0.15, 0.2) is 36.7 Å². The number of carbonyl (C=O) groups is 1. The molecule has 2 heterocycles. The van der Waals surface area contributed by atoms with Gasteiger partial charge >= 0.3 is 6.03 Å². The van der Waals surface area contributed by atoms with Crippen molar-refractivity contribution in [3.63, 3.8) is 0 Å². The Labute approximate surface area is 123 Å². The van der Waals surface area contributed by atoms with Crippen molar-refractivity contribution in [1.29, 1.82) is 0 Å². The minimum atomic E-state index is -0.212. The van der Waals surface area contributed by atoms with Gasteiger partial charge in [-0.15, -0.1) is 0 Å². The van der Waals surface area contributed by atoms with E-state index in [0.717, 1.165) is 13.0 Å². The fourth-order valence-corrected chi connectivity index (χ4v) is 2.67. The average molecular weight is 285 g/mol. The van der Waals surface area contributed by atoms with Crippen molar-refractivity contribution in [1.82, 2.24) is 15.5 Å². The number of nitrogens with one attached hydrogen (secondary N) is 3. The Kier molecular flexibility index (Phi) is 3.77. The van der Waals surface area contributed by atoms with Gasteiger partial charge in [-0.3, -0.25) is 5.10 Å². The van der Waals surface area contributed by atoms with Crippen molar-refractivity contribution < 1.29 is 4.79 Å². The van der Waals surface area contributed by atoms with Crippen LogP contribution in [0.5, 0.6) is 0 Å². The monoisotopic (exact) mass is 285 g/mol. The topological polar surface area (TPSA) is 73.0 Å². The summed E-state index contributed by atoms with van der Waals surface area (Å²) in [6.45, 7) is 3.73. The highest BCUT2D eigenvalue weighted by atomic mass is 16.2. The summed E-state index contributed by atoms with van der Waals surface area (Å²) < 4.78 is 0. The van der Waals surface area contributed by atoms with Crippen molar-refractivity contribution >= 4 is 17.4 Å². The van der Waals surface area contributed by atoms with E-state index in [2.05, 4.69) is 56.9 Å². The zero-order chi connectivity index (χ0) is 14.7. The number of amides is 2. The number of para-hydroxylation sites is 1. The predicted molar refractivity (Wildman–Crippen MR) is 82.6 cm³/mol. The molecule has 1 aromatic carbocycles. The van der Waals surface area contributed by atoms with Crippen LogP contribution in [-0.2, 0) is 6.42 Å². The first kappa shape index (κ1) is 13.5. The third-order valence-electron chi connectivity index (χ3n) is 3.77. The van der Waals surface area contributed by atoms with Gasteiger partial charge in [0.2, 0.25) is 0 Å². The van der Waals surface area contributed by atoms with Crippen molar-refractivity contribution in [2.75, 3.05) is 23.3 Å². The van der Waals surface area contributed by atoms with Gasteiger partial charge in [-0.1, -0.05) is 18.2 Å². The molecule has 3 rings (SSSR count). The first-order valence-electron chi connectivity index (χ1n) is 7.12. The second kappa shape index (κ2) is 5.87. The summed E-state index contributed by atoms with van der Waals surface area (Å²) in [6.07, 6.45) is 4.28. The fraction of sp³-hybridized carbons (Fsp3) is 0.333. The molecule has 0 spiro atoms. The lowest BCUT2D eigenvalue weighted by Gasteiger charge is -2.27. The molecule has 1 atom stereocenters. The molecule has 1 aromatic heterocycles. The quantitative estimate of drug-likeness (QED) is 0.804. The number of urea groups is 1. The van der Waals surface area contributed by atoms with Crippen LogP contribution in [0.25, 0.3) is 0 Å². The smallest absolute Gasteiger partial charge is 0.319 e. The Hall–Kier alpha value is -2.50. The van der Waals surface area contributed by atoms with E-state index in [0.29, 0.717) is 12.2 Å². The van der Waals surface area contributed by atoms with Crippen molar-refractivity contribution in [3.05, 3.63) is 42.2 Å². The number of hydrogen-bond acceptors (Lipinski definition) is 3. The van der Waals surface area contributed by atoms with Crippen LogP contribution in [0.2, 0.25) is 0 Å². The molecule has 6 nitrogen and oxygen atoms in total. The number of nitrogens with zero attached hydrogens (tertiary/aromatic N) is 2. The fourth-order valence-electron chi connectivity index (χ4n) is 2.67. The van der Waals surface area contributed by atoms with Gasteiger partial charge in [0.1, 0.15) is 0 Å². The van der Waals surface area contributed by atoms with Gasteiger partial charge in [-0.25, -0.2) is 4.79 Å². The molecule has 0 fully saturated rings. The molecule has 2 amide bonds. The number of hydrogen-bond donors (Lipinski definition) is 3. The third kappa shape index (κ3) is 2.99. The SMILES string of the molecule is C[C@H](CNC(=O)Nc1cn[nH]c1)N1CCc2ccccc21. The molecule has 1 aliphatic heterocycles. The van der Waals surface area contributed by atoms with E-state index in [1.165, 1.54) is 11.3 Å². The molecule has 2 aromatic rings. The van der Waals surface area contributed by atoms with E-state index in [-0.39, 0.29) is 12.1 Å². The lowest BCUT2D eigenvalue weighted by atomic mass is 10.2. The second-order valence-corrected chi connectivity index (χ2v) is 5.24. The molecule has 3 N–H and O–H groups in total. The average Bonchev–Trinajstić information content (AvgIpc) is 3.13. The molecule has 1 aliphatic rings. The van der Waals surface area contributed by atoms with Crippen LogP contribution in [-0.4, -0.2) is 35.4 Å². The van der Waals surface area contributed by atoms with Crippen LogP contribution < -0.4 is 15.5 Å². The second-order valence-electron chi connectivity index (χ2n) is 5.24. The standard InChI is InChI=1S/C15H19N5O/c1-11(8-16-15(21)19-13-9-17-18-10-13)20-7-6-12-4-2-3-5-14(12)20/h2-5,9-11H,6-8H2,1H3,(H,17,18)(H2,16,19,21)/t11-/m1/s1. The minimum Gasteiger partial charge on any atom is -0.366 e. The molecular weight excluding hydrogens is 266 g/mol. The number of H-pyrrole nitrogens is 1. The number of aromatic amines is 1. The summed E-state index contributed by atoms with van der Waals surface area (Å²) in [4.78, 5) is 14.1. The maximum absolute atomic E-state index is 11.8. The molecule has 0 bridgehead atoms. The summed E-state index contributed by atoms with van der Waals surface area (Å²) in [5.74, 6) is 0. The maximum Gasteiger partial charge on any atom is 0.319 e. The summed E-state index contributed by atoms with van der Waals surface area (Å²) in [7, 11) is 0. The Morgan fingerprint density at radius 3 is 3.14 bits per heavy atom. The van der Waals surface area contributed by atoms with Gasteiger partial charge in [-0.2, -0.15) is 5.10 Å². The van der Waals surface area contributed by atoms with E-state index in [9.17, 15) is 4.79 Å². The highest BCUT2D eigenvalue weighted by Gasteiger charge is 2.22. The highest BCUT2D eigenvalue weighted by molar-refractivity contribution is 5.88. The van der Waals surface area contributed by atoms with Crippen LogP contribution in [0.1, 0.15) is 12.5 Å². The van der Waals surface area contributed by atoms with Gasteiger partial charge in [0.05, 0.1) is 11.9 Å². The molecule has 0 saturated heterocycles. The summed E-state index contributed by atoms with van der Waals surface area (Å²) in [5, 5.41) is 12.1. The number of carbonyl (C=O) groups excluding carboxylic acids is 1. The third-order valence-corrected chi connectivity index (χ3v) is 3.77. The molecule has 0 saturated carbocycles. The van der Waals surface area contributed by atoms with E-state index >= 15 is 0 Å². The van der Waals surface area contributed by atoms with Crippen molar-refractivity contribution in [2.45, 2.75) is 19.4 Å². The Morgan fingerprint density at radius 2 is 2.33 bits per heavy atom. The lowest BCUT2D eigenvalue weighted by molar-refractivity contribution is 0.251. The van der Waals surface area contributed by atoms with E-state index < -0.39 is 0 Å². The summed E-state index contributed by atoms with van der Waals surface area (Å²) in [6, 6.07) is 8.48. The first-order chi connectivity index (χ1) is 10.2. The zero-order valence-electron chi connectivity index (χ0n) is 12.0. The van der Waals surface area contributed by atoms with Crippen molar-refractivity contribution in [3.8, 4) is 0 Å². The molecule has 0 unspecified atom stereocenters. The van der Waals surface area contributed by atoms with Gasteiger partial charge in [0, 0.05) is 31.0 Å². The van der Waals surface area contributed by atoms with E-state index in [4.69, 9.17) is 0 Å². The van der Waals surface area contributed by atoms with Gasteiger partial charge < -0.3 is 15.5 Å². The van der Waals surface area contributed by atoms with E-state index in [1.807, 2.05) is 0 Å². The van der Waals surface area contributed by atoms with Gasteiger partial charge in [0.15, 0.2) is 0 Å². The molecular formula is C15H19N5O. The number of anilines is 2. The van der Waals surface area contributed by atoms with Gasteiger partial charge in [0.25, 0.3) is 0 Å². The van der Waals surface area contributed by atoms with Gasteiger partial charge in [-0.05, 0) is 25.0 Å². The first-order valence-corrected chi connectivity index (χ1v) is 7.12. The Bertz CT molecular complexity index is 610. The normalized spacial score (nSPS) is 14.6. The minimum absolute atomic E-state index is 0.212. The number of benzene rings is 1. The molecule has 0 radical (unpaired) electrons. The largest absolute Gasteiger partial charge is 0.366 e. The van der Waals surface area contributed by atoms with Crippen LogP contribution >= 0.6 is 0 Å². The Balaban J connectivity index is 1.53. The van der Waals surface area contributed by atoms with Crippen LogP contribution in [0.4, 0.5) is 16.2 Å². The molecule has 6 heteroatoms. The highest BCUT2D eigenvalue weighted by Crippen LogP contribution is 2.28. The summed E-state index contributed by atoms with van der Waals surface area (Å²) in [5.41, 5.74) is 3.32. The van der Waals surface area contributed by atoms with Crippen LogP contribution in [0.3, 0.4) is 0 Å². The van der Waals surface area contributed by atoms with Crippen LogP contribution in [0, 0.1) is 0 Å². The zero-order valence-corrected chi connectivity index (χ0v) is 12.0. The lowest BCUT2D eigenvalue weighted by Crippen LogP contribution is -2.42. The number of aromatic nitrogens is 2. The Morgan fingerprint density at radius 1 is 1.48 bits per heavy atom. The number of rotatable bonds is 4.